The zero-order chi connectivity index (χ0) is 15.2. The molecule has 0 aliphatic carbocycles. The van der Waals surface area contributed by atoms with Crippen LogP contribution < -0.4 is 9.64 Å². The van der Waals surface area contributed by atoms with Crippen molar-refractivity contribution in [3.8, 4) is 5.75 Å². The first kappa shape index (κ1) is 15.0. The lowest BCUT2D eigenvalue weighted by atomic mass is 10.1. The fourth-order valence-corrected chi connectivity index (χ4v) is 2.08. The van der Waals surface area contributed by atoms with Crippen LogP contribution >= 0.6 is 0 Å². The maximum atomic E-state index is 7.10. The molecule has 0 aromatic heterocycles. The van der Waals surface area contributed by atoms with E-state index in [2.05, 4.69) is 16.9 Å². The van der Waals surface area contributed by atoms with E-state index in [9.17, 15) is 0 Å². The number of hydrogen-bond acceptors (Lipinski definition) is 4. The Bertz CT molecular complexity index is 598. The van der Waals surface area contributed by atoms with Crippen LogP contribution in [0.2, 0.25) is 0 Å². The Labute approximate surface area is 125 Å². The number of para-hydroxylation sites is 1. The van der Waals surface area contributed by atoms with E-state index in [4.69, 9.17) is 10.3 Å². The molecule has 0 aliphatic heterocycles. The summed E-state index contributed by atoms with van der Waals surface area (Å²) in [6, 6.07) is 16.0. The summed E-state index contributed by atoms with van der Waals surface area (Å²) in [6.45, 7) is 4.71. The molecule has 0 aliphatic rings. The predicted molar refractivity (Wildman–Crippen MR) is 85.8 cm³/mol. The summed E-state index contributed by atoms with van der Waals surface area (Å²) < 4.78 is 5.80. The molecule has 0 radical (unpaired) electrons. The van der Waals surface area contributed by atoms with Gasteiger partial charge in [0.05, 0.1) is 11.7 Å². The molecule has 1 atom stereocenters. The van der Waals surface area contributed by atoms with E-state index in [-0.39, 0.29) is 6.04 Å². The molecule has 0 heterocycles. The molecule has 1 N–H and O–H groups in total. The van der Waals surface area contributed by atoms with Gasteiger partial charge in [-0.05, 0) is 49.7 Å². The molecule has 110 valence electrons. The van der Waals surface area contributed by atoms with E-state index in [0.29, 0.717) is 12.3 Å². The van der Waals surface area contributed by atoms with E-state index in [1.54, 1.807) is 0 Å². The second-order valence-electron chi connectivity index (χ2n) is 5.17. The van der Waals surface area contributed by atoms with E-state index >= 15 is 0 Å². The third-order valence-corrected chi connectivity index (χ3v) is 3.60. The van der Waals surface area contributed by atoms with Gasteiger partial charge >= 0.3 is 0 Å². The van der Waals surface area contributed by atoms with Gasteiger partial charge in [0, 0.05) is 12.7 Å². The third kappa shape index (κ3) is 3.81. The van der Waals surface area contributed by atoms with Crippen LogP contribution in [0, 0.1) is 12.5 Å². The minimum absolute atomic E-state index is 0.239. The number of hydrogen-bond donors (Lipinski definition) is 1. The highest BCUT2D eigenvalue weighted by atomic mass is 16.5. The van der Waals surface area contributed by atoms with Crippen molar-refractivity contribution in [2.24, 2.45) is 5.11 Å². The fourth-order valence-electron chi connectivity index (χ4n) is 2.08. The van der Waals surface area contributed by atoms with Crippen molar-refractivity contribution in [3.05, 3.63) is 54.1 Å². The summed E-state index contributed by atoms with van der Waals surface area (Å²) in [5.41, 5.74) is 9.91. The van der Waals surface area contributed by atoms with Crippen molar-refractivity contribution >= 4 is 11.4 Å². The zero-order valence-electron chi connectivity index (χ0n) is 12.7. The van der Waals surface area contributed by atoms with Crippen LogP contribution in [0.25, 0.3) is 0 Å². The van der Waals surface area contributed by atoms with Crippen molar-refractivity contribution in [2.75, 3.05) is 18.6 Å². The minimum Gasteiger partial charge on any atom is -0.491 e. The van der Waals surface area contributed by atoms with E-state index in [1.165, 1.54) is 0 Å². The van der Waals surface area contributed by atoms with Crippen molar-refractivity contribution in [2.45, 2.75) is 19.9 Å². The topological polar surface area (TPSA) is 48.7 Å². The van der Waals surface area contributed by atoms with Gasteiger partial charge in [0.15, 0.2) is 0 Å². The number of ether oxygens (including phenoxy) is 1. The molecule has 0 saturated heterocycles. The first-order valence-electron chi connectivity index (χ1n) is 7.00. The molecule has 4 nitrogen and oxygen atoms in total. The van der Waals surface area contributed by atoms with Crippen LogP contribution in [-0.4, -0.2) is 19.7 Å². The van der Waals surface area contributed by atoms with Crippen molar-refractivity contribution in [3.63, 3.8) is 0 Å². The first-order chi connectivity index (χ1) is 10.1. The summed E-state index contributed by atoms with van der Waals surface area (Å²) in [5.74, 6) is 0.886. The molecule has 2 rings (SSSR count). The Kier molecular flexibility index (Phi) is 4.93. The average Bonchev–Trinajstić information content (AvgIpc) is 2.52. The van der Waals surface area contributed by atoms with Crippen molar-refractivity contribution in [1.82, 2.24) is 0 Å². The van der Waals surface area contributed by atoms with Gasteiger partial charge in [0.1, 0.15) is 12.4 Å². The van der Waals surface area contributed by atoms with Gasteiger partial charge in [-0.25, -0.2) is 5.53 Å². The van der Waals surface area contributed by atoms with Gasteiger partial charge in [-0.2, -0.15) is 5.11 Å². The Hall–Kier alpha value is -2.36. The first-order valence-corrected chi connectivity index (χ1v) is 7.00. The van der Waals surface area contributed by atoms with Crippen LogP contribution in [0.1, 0.15) is 12.5 Å². The highest BCUT2D eigenvalue weighted by Gasteiger charge is 2.12. The van der Waals surface area contributed by atoms with Gasteiger partial charge < -0.3 is 9.64 Å². The second-order valence-corrected chi connectivity index (χ2v) is 5.17. The van der Waals surface area contributed by atoms with E-state index in [1.807, 2.05) is 62.5 Å². The molecule has 2 aromatic carbocycles. The van der Waals surface area contributed by atoms with Crippen molar-refractivity contribution in [1.29, 1.82) is 5.53 Å². The molecule has 0 fully saturated rings. The molecular weight excluding hydrogens is 262 g/mol. The quantitative estimate of drug-likeness (QED) is 0.790. The average molecular weight is 283 g/mol. The fraction of sp³-hybridized carbons (Fsp3) is 0.294. The summed E-state index contributed by atoms with van der Waals surface area (Å²) in [5, 5.41) is 3.50. The maximum absolute atomic E-state index is 7.10. The van der Waals surface area contributed by atoms with Crippen LogP contribution in [0.4, 0.5) is 11.4 Å². The van der Waals surface area contributed by atoms with E-state index in [0.717, 1.165) is 17.0 Å². The normalized spacial score (nSPS) is 11.8. The highest BCUT2D eigenvalue weighted by molar-refractivity contribution is 5.57. The lowest BCUT2D eigenvalue weighted by Crippen LogP contribution is -2.34. The Balaban J connectivity index is 2.00. The van der Waals surface area contributed by atoms with Gasteiger partial charge in [-0.1, -0.05) is 18.2 Å². The lowest BCUT2D eigenvalue weighted by Gasteiger charge is -2.27. The number of benzene rings is 2. The number of likely N-dealkylation sites (N-methyl/N-ethyl adjacent to an activating group) is 1. The van der Waals surface area contributed by atoms with Gasteiger partial charge in [-0.3, -0.25) is 0 Å². The van der Waals surface area contributed by atoms with Crippen molar-refractivity contribution < 1.29 is 4.74 Å². The number of anilines is 1. The van der Waals surface area contributed by atoms with Crippen LogP contribution in [0.5, 0.6) is 5.75 Å². The van der Waals surface area contributed by atoms with Gasteiger partial charge in [0.2, 0.25) is 0 Å². The SMILES string of the molecule is Cc1cc(N(C)C(C)COc2ccccc2)ccc1N=N. The van der Waals surface area contributed by atoms with Gasteiger partial charge in [0.25, 0.3) is 0 Å². The summed E-state index contributed by atoms with van der Waals surface area (Å²) in [4.78, 5) is 2.17. The highest BCUT2D eigenvalue weighted by Crippen LogP contribution is 2.25. The zero-order valence-corrected chi connectivity index (χ0v) is 12.7. The Morgan fingerprint density at radius 2 is 1.90 bits per heavy atom. The van der Waals surface area contributed by atoms with Crippen LogP contribution in [0.3, 0.4) is 0 Å². The maximum Gasteiger partial charge on any atom is 0.119 e. The van der Waals surface area contributed by atoms with E-state index < -0.39 is 0 Å². The molecule has 0 saturated carbocycles. The summed E-state index contributed by atoms with van der Waals surface area (Å²) in [6.07, 6.45) is 0. The Morgan fingerprint density at radius 3 is 2.52 bits per heavy atom. The minimum atomic E-state index is 0.239. The molecule has 1 unspecified atom stereocenters. The number of aryl methyl sites for hydroxylation is 1. The molecule has 4 heteroatoms. The van der Waals surface area contributed by atoms with Crippen LogP contribution in [0.15, 0.2) is 53.6 Å². The molecule has 2 aromatic rings. The second kappa shape index (κ2) is 6.88. The number of rotatable bonds is 6. The number of nitrogens with one attached hydrogen (secondary N) is 1. The third-order valence-electron chi connectivity index (χ3n) is 3.60. The predicted octanol–water partition coefficient (Wildman–Crippen LogP) is 4.56. The molecule has 0 amide bonds. The largest absolute Gasteiger partial charge is 0.491 e. The monoisotopic (exact) mass is 283 g/mol. The molecular formula is C17H21N3O. The van der Waals surface area contributed by atoms with Crippen LogP contribution in [-0.2, 0) is 0 Å². The molecule has 0 spiro atoms. The number of nitrogens with zero attached hydrogens (tertiary/aromatic N) is 2. The summed E-state index contributed by atoms with van der Waals surface area (Å²) in [7, 11) is 2.05. The molecule has 21 heavy (non-hydrogen) atoms. The van der Waals surface area contributed by atoms with Gasteiger partial charge in [-0.15, -0.1) is 0 Å². The lowest BCUT2D eigenvalue weighted by molar-refractivity contribution is 0.292. The summed E-state index contributed by atoms with van der Waals surface area (Å²) >= 11 is 0. The molecule has 0 bridgehead atoms. The Morgan fingerprint density at radius 1 is 1.19 bits per heavy atom. The standard InChI is InChI=1S/C17H21N3O/c1-13-11-15(9-10-17(13)19-18)20(3)14(2)12-21-16-7-5-4-6-8-16/h4-11,14,18H,12H2,1-3H3. The smallest absolute Gasteiger partial charge is 0.119 e.